The summed E-state index contributed by atoms with van der Waals surface area (Å²) < 4.78 is 49.2. The lowest BCUT2D eigenvalue weighted by atomic mass is 10.2. The normalized spacial score (nSPS) is 11.9. The molecule has 0 saturated heterocycles. The first-order valence-corrected chi connectivity index (χ1v) is 3.94. The molecule has 0 amide bonds. The van der Waals surface area contributed by atoms with Crippen LogP contribution in [0.4, 0.5) is 17.6 Å². The molecule has 0 spiro atoms. The highest BCUT2D eigenvalue weighted by Gasteiger charge is 2.36. The predicted molar refractivity (Wildman–Crippen MR) is 43.1 cm³/mol. The summed E-state index contributed by atoms with van der Waals surface area (Å²) in [5.74, 6) is -2.64. The molecule has 78 valence electrons. The van der Waals surface area contributed by atoms with Crippen LogP contribution in [-0.2, 0) is 6.18 Å². The fourth-order valence-electron chi connectivity index (χ4n) is 0.802. The maximum absolute atomic E-state index is 12.8. The SMILES string of the molecule is Oc1c(C(F)(F)F)cc(Cl)c(F)c1Cl. The van der Waals surface area contributed by atoms with Crippen LogP contribution in [0.2, 0.25) is 10.0 Å². The molecule has 0 fully saturated rings. The monoisotopic (exact) mass is 248 g/mol. The molecule has 0 radical (unpaired) electrons. The maximum Gasteiger partial charge on any atom is 0.420 e. The zero-order chi connectivity index (χ0) is 11.1. The summed E-state index contributed by atoms with van der Waals surface area (Å²) >= 11 is 10.2. The van der Waals surface area contributed by atoms with Crippen LogP contribution in [0, 0.1) is 5.82 Å². The summed E-state index contributed by atoms with van der Waals surface area (Å²) in [6.07, 6.45) is -4.83. The molecule has 0 heterocycles. The lowest BCUT2D eigenvalue weighted by molar-refractivity contribution is -0.138. The van der Waals surface area contributed by atoms with Gasteiger partial charge in [-0.1, -0.05) is 23.2 Å². The largest absolute Gasteiger partial charge is 0.506 e. The van der Waals surface area contributed by atoms with Crippen LogP contribution in [0.3, 0.4) is 0 Å². The highest BCUT2D eigenvalue weighted by atomic mass is 35.5. The first-order chi connectivity index (χ1) is 6.25. The molecule has 0 unspecified atom stereocenters. The van der Waals surface area contributed by atoms with E-state index in [1.807, 2.05) is 0 Å². The first kappa shape index (κ1) is 11.4. The summed E-state index contributed by atoms with van der Waals surface area (Å²) in [5, 5.41) is 7.06. The van der Waals surface area contributed by atoms with Gasteiger partial charge in [-0.15, -0.1) is 0 Å². The maximum atomic E-state index is 12.8. The molecule has 0 saturated carbocycles. The number of phenols is 1. The molecular formula is C7H2Cl2F4O. The van der Waals surface area contributed by atoms with Gasteiger partial charge in [0.2, 0.25) is 0 Å². The van der Waals surface area contributed by atoms with Gasteiger partial charge in [0.05, 0.1) is 5.02 Å². The minimum Gasteiger partial charge on any atom is -0.506 e. The number of phenolic OH excluding ortho intramolecular Hbond substituents is 1. The van der Waals surface area contributed by atoms with Crippen LogP contribution in [0.1, 0.15) is 5.56 Å². The van der Waals surface area contributed by atoms with Crippen molar-refractivity contribution in [3.8, 4) is 5.75 Å². The van der Waals surface area contributed by atoms with Crippen LogP contribution in [0.15, 0.2) is 6.07 Å². The van der Waals surface area contributed by atoms with Crippen molar-refractivity contribution in [3.63, 3.8) is 0 Å². The summed E-state index contributed by atoms with van der Waals surface area (Å²) in [5.41, 5.74) is -1.46. The molecule has 1 N–H and O–H groups in total. The average Bonchev–Trinajstić information content (AvgIpc) is 2.06. The van der Waals surface area contributed by atoms with E-state index < -0.39 is 33.4 Å². The quantitative estimate of drug-likeness (QED) is 0.546. The van der Waals surface area contributed by atoms with Crippen LogP contribution >= 0.6 is 23.2 Å². The number of aromatic hydroxyl groups is 1. The van der Waals surface area contributed by atoms with Gasteiger partial charge in [-0.2, -0.15) is 13.2 Å². The zero-order valence-electron chi connectivity index (χ0n) is 6.29. The van der Waals surface area contributed by atoms with E-state index in [0.29, 0.717) is 0 Å². The molecule has 1 aromatic carbocycles. The minimum atomic E-state index is -4.83. The number of hydrogen-bond donors (Lipinski definition) is 1. The van der Waals surface area contributed by atoms with Crippen molar-refractivity contribution in [2.24, 2.45) is 0 Å². The highest BCUT2D eigenvalue weighted by Crippen LogP contribution is 2.42. The summed E-state index contributed by atoms with van der Waals surface area (Å²) in [7, 11) is 0. The second-order valence-corrected chi connectivity index (χ2v) is 3.17. The lowest BCUT2D eigenvalue weighted by Gasteiger charge is -2.11. The molecule has 1 rings (SSSR count). The Bertz CT molecular complexity index is 375. The van der Waals surface area contributed by atoms with Crippen molar-refractivity contribution in [2.45, 2.75) is 6.18 Å². The number of rotatable bonds is 0. The fraction of sp³-hybridized carbons (Fsp3) is 0.143. The third-order valence-electron chi connectivity index (χ3n) is 1.44. The van der Waals surface area contributed by atoms with E-state index in [1.54, 1.807) is 0 Å². The van der Waals surface area contributed by atoms with E-state index in [4.69, 9.17) is 28.3 Å². The third-order valence-corrected chi connectivity index (χ3v) is 2.06. The average molecular weight is 249 g/mol. The first-order valence-electron chi connectivity index (χ1n) is 3.18. The Morgan fingerprint density at radius 1 is 1.21 bits per heavy atom. The third kappa shape index (κ3) is 1.88. The topological polar surface area (TPSA) is 20.2 Å². The van der Waals surface area contributed by atoms with Gasteiger partial charge >= 0.3 is 6.18 Å². The molecular weight excluding hydrogens is 247 g/mol. The molecule has 1 nitrogen and oxygen atoms in total. The van der Waals surface area contributed by atoms with E-state index in [2.05, 4.69) is 0 Å². The predicted octanol–water partition coefficient (Wildman–Crippen LogP) is 3.86. The highest BCUT2D eigenvalue weighted by molar-refractivity contribution is 6.36. The van der Waals surface area contributed by atoms with Gasteiger partial charge in [-0.25, -0.2) is 4.39 Å². The smallest absolute Gasteiger partial charge is 0.420 e. The van der Waals surface area contributed by atoms with E-state index in [9.17, 15) is 17.6 Å². The Hall–Kier alpha value is -0.680. The molecule has 7 heteroatoms. The number of halogens is 6. The van der Waals surface area contributed by atoms with Gasteiger partial charge in [0.15, 0.2) is 5.82 Å². The molecule has 0 aliphatic heterocycles. The standard InChI is InChI=1S/C7H2Cl2F4O/c8-3-1-2(7(11,12)13)6(14)4(9)5(3)10/h1,14H. The van der Waals surface area contributed by atoms with Gasteiger partial charge in [0.25, 0.3) is 0 Å². The number of alkyl halides is 3. The van der Waals surface area contributed by atoms with Gasteiger partial charge in [0.1, 0.15) is 16.3 Å². The van der Waals surface area contributed by atoms with Crippen LogP contribution < -0.4 is 0 Å². The molecule has 0 aliphatic rings. The Morgan fingerprint density at radius 2 is 1.71 bits per heavy atom. The van der Waals surface area contributed by atoms with Gasteiger partial charge < -0.3 is 5.11 Å². The van der Waals surface area contributed by atoms with Crippen molar-refractivity contribution in [3.05, 3.63) is 27.5 Å². The zero-order valence-corrected chi connectivity index (χ0v) is 7.80. The second kappa shape index (κ2) is 3.47. The van der Waals surface area contributed by atoms with Gasteiger partial charge in [-0.3, -0.25) is 0 Å². The van der Waals surface area contributed by atoms with Crippen molar-refractivity contribution >= 4 is 23.2 Å². The number of benzene rings is 1. The molecule has 0 aromatic heterocycles. The molecule has 0 aliphatic carbocycles. The Morgan fingerprint density at radius 3 is 2.14 bits per heavy atom. The summed E-state index contributed by atoms with van der Waals surface area (Å²) in [4.78, 5) is 0. The molecule has 0 bridgehead atoms. The van der Waals surface area contributed by atoms with Crippen LogP contribution in [0.5, 0.6) is 5.75 Å². The van der Waals surface area contributed by atoms with Crippen molar-refractivity contribution < 1.29 is 22.7 Å². The van der Waals surface area contributed by atoms with E-state index in [0.717, 1.165) is 0 Å². The fourth-order valence-corrected chi connectivity index (χ4v) is 1.26. The Kier molecular flexibility index (Phi) is 2.83. The minimum absolute atomic E-state index is 0.276. The van der Waals surface area contributed by atoms with Gasteiger partial charge in [0, 0.05) is 0 Å². The van der Waals surface area contributed by atoms with Crippen molar-refractivity contribution in [1.29, 1.82) is 0 Å². The van der Waals surface area contributed by atoms with Crippen LogP contribution in [0.25, 0.3) is 0 Å². The summed E-state index contributed by atoms with van der Waals surface area (Å²) in [6, 6.07) is 0.276. The van der Waals surface area contributed by atoms with E-state index >= 15 is 0 Å². The molecule has 14 heavy (non-hydrogen) atoms. The lowest BCUT2D eigenvalue weighted by Crippen LogP contribution is -2.06. The second-order valence-electron chi connectivity index (χ2n) is 2.38. The van der Waals surface area contributed by atoms with Crippen molar-refractivity contribution in [1.82, 2.24) is 0 Å². The van der Waals surface area contributed by atoms with Gasteiger partial charge in [-0.05, 0) is 6.07 Å². The molecule has 1 aromatic rings. The van der Waals surface area contributed by atoms with Crippen molar-refractivity contribution in [2.75, 3.05) is 0 Å². The Labute approximate surface area is 85.9 Å². The van der Waals surface area contributed by atoms with E-state index in [-0.39, 0.29) is 6.07 Å². The summed E-state index contributed by atoms with van der Waals surface area (Å²) in [6.45, 7) is 0. The molecule has 0 atom stereocenters. The van der Waals surface area contributed by atoms with Crippen LogP contribution in [-0.4, -0.2) is 5.11 Å². The Balaban J connectivity index is 3.49. The van der Waals surface area contributed by atoms with E-state index in [1.165, 1.54) is 0 Å². The number of hydrogen-bond acceptors (Lipinski definition) is 1.